The Balaban J connectivity index is 1.51. The number of fused-ring (bicyclic) bond motifs is 1. The van der Waals surface area contributed by atoms with Crippen LogP contribution in [0, 0.1) is 5.92 Å². The maximum Gasteiger partial charge on any atom is 0.261 e. The second-order valence-electron chi connectivity index (χ2n) is 8.66. The Kier molecular flexibility index (Phi) is 6.98. The van der Waals surface area contributed by atoms with Gasteiger partial charge in [-0.1, -0.05) is 38.1 Å². The fourth-order valence-electron chi connectivity index (χ4n) is 3.76. The molecule has 1 amide bonds. The van der Waals surface area contributed by atoms with E-state index in [9.17, 15) is 21.6 Å². The molecule has 3 aromatic carbocycles. The summed E-state index contributed by atoms with van der Waals surface area (Å²) in [5.41, 5.74) is 2.59. The number of hydrogen-bond acceptors (Lipinski definition) is 5. The van der Waals surface area contributed by atoms with Crippen LogP contribution < -0.4 is 10.0 Å². The molecule has 0 unspecified atom stereocenters. The highest BCUT2D eigenvalue weighted by Crippen LogP contribution is 2.28. The Morgan fingerprint density at radius 3 is 2.14 bits per heavy atom. The first kappa shape index (κ1) is 24.9. The minimum atomic E-state index is -3.88. The van der Waals surface area contributed by atoms with Crippen molar-refractivity contribution in [2.24, 2.45) is 5.92 Å². The molecule has 1 heterocycles. The van der Waals surface area contributed by atoms with E-state index in [-0.39, 0.29) is 28.2 Å². The molecule has 10 heteroatoms. The number of amides is 1. The van der Waals surface area contributed by atoms with Crippen molar-refractivity contribution in [2.45, 2.75) is 36.6 Å². The number of hydrogen-bond donors (Lipinski definition) is 2. The summed E-state index contributed by atoms with van der Waals surface area (Å²) < 4.78 is 55.8. The first-order valence-corrected chi connectivity index (χ1v) is 14.1. The molecule has 184 valence electrons. The maximum atomic E-state index is 13.0. The average Bonchev–Trinajstić information content (AvgIpc) is 2.84. The molecule has 0 atom stereocenters. The Bertz CT molecular complexity index is 1440. The van der Waals surface area contributed by atoms with Crippen molar-refractivity contribution in [1.29, 1.82) is 0 Å². The first-order chi connectivity index (χ1) is 16.6. The number of benzene rings is 3. The second kappa shape index (κ2) is 9.80. The molecule has 3 aromatic rings. The van der Waals surface area contributed by atoms with Crippen LogP contribution in [-0.2, 0) is 37.8 Å². The zero-order chi connectivity index (χ0) is 25.2. The van der Waals surface area contributed by atoms with Gasteiger partial charge in [0.2, 0.25) is 15.9 Å². The highest BCUT2D eigenvalue weighted by atomic mass is 32.2. The molecule has 0 spiro atoms. The van der Waals surface area contributed by atoms with E-state index in [0.717, 1.165) is 11.1 Å². The Morgan fingerprint density at radius 1 is 0.829 bits per heavy atom. The lowest BCUT2D eigenvalue weighted by molar-refractivity contribution is -0.118. The van der Waals surface area contributed by atoms with Crippen LogP contribution in [-0.4, -0.2) is 33.6 Å². The summed E-state index contributed by atoms with van der Waals surface area (Å²) in [6.07, 6.45) is 0.540. The first-order valence-electron chi connectivity index (χ1n) is 11.2. The molecule has 0 radical (unpaired) electrons. The number of nitrogens with one attached hydrogen (secondary N) is 2. The van der Waals surface area contributed by atoms with Crippen LogP contribution in [0.2, 0.25) is 0 Å². The third-order valence-corrected chi connectivity index (χ3v) is 9.03. The Morgan fingerprint density at radius 2 is 1.49 bits per heavy atom. The molecule has 1 aliphatic rings. The number of carbonyl (C=O) groups is 1. The van der Waals surface area contributed by atoms with E-state index >= 15 is 0 Å². The topological polar surface area (TPSA) is 113 Å². The van der Waals surface area contributed by atoms with Crippen molar-refractivity contribution in [3.05, 3.63) is 83.9 Å². The smallest absolute Gasteiger partial charge is 0.261 e. The minimum Gasteiger partial charge on any atom is -0.326 e. The van der Waals surface area contributed by atoms with E-state index in [4.69, 9.17) is 0 Å². The van der Waals surface area contributed by atoms with Gasteiger partial charge in [0, 0.05) is 30.4 Å². The lowest BCUT2D eigenvalue weighted by Crippen LogP contribution is -2.36. The molecule has 0 aromatic heterocycles. The zero-order valence-electron chi connectivity index (χ0n) is 19.4. The normalized spacial score (nSPS) is 14.4. The van der Waals surface area contributed by atoms with E-state index in [0.29, 0.717) is 24.3 Å². The van der Waals surface area contributed by atoms with Gasteiger partial charge in [-0.25, -0.2) is 16.8 Å². The third-order valence-electron chi connectivity index (χ3n) is 5.77. The summed E-state index contributed by atoms with van der Waals surface area (Å²) in [7, 11) is -7.53. The molecule has 1 aliphatic heterocycles. The van der Waals surface area contributed by atoms with Gasteiger partial charge in [0.1, 0.15) is 0 Å². The molecule has 0 bridgehead atoms. The molecule has 0 saturated carbocycles. The van der Waals surface area contributed by atoms with Gasteiger partial charge in [0.15, 0.2) is 0 Å². The summed E-state index contributed by atoms with van der Waals surface area (Å²) in [5.74, 6) is -0.348. The van der Waals surface area contributed by atoms with Crippen molar-refractivity contribution in [3.8, 4) is 0 Å². The summed E-state index contributed by atoms with van der Waals surface area (Å²) in [6.45, 7) is 4.06. The van der Waals surface area contributed by atoms with Crippen LogP contribution in [0.3, 0.4) is 0 Å². The summed E-state index contributed by atoms with van der Waals surface area (Å²) >= 11 is 0. The van der Waals surface area contributed by atoms with Crippen molar-refractivity contribution in [1.82, 2.24) is 4.31 Å². The number of anilines is 2. The van der Waals surface area contributed by atoms with Crippen LogP contribution in [0.4, 0.5) is 11.4 Å². The largest absolute Gasteiger partial charge is 0.326 e. The molecule has 0 aliphatic carbocycles. The van der Waals surface area contributed by atoms with Crippen molar-refractivity contribution in [3.63, 3.8) is 0 Å². The molecular weight excluding hydrogens is 486 g/mol. The van der Waals surface area contributed by atoms with Gasteiger partial charge in [0.25, 0.3) is 10.0 Å². The predicted molar refractivity (Wildman–Crippen MR) is 135 cm³/mol. The third kappa shape index (κ3) is 5.55. The van der Waals surface area contributed by atoms with Crippen LogP contribution in [0.5, 0.6) is 0 Å². The summed E-state index contributed by atoms with van der Waals surface area (Å²) in [4.78, 5) is 12.1. The molecule has 35 heavy (non-hydrogen) atoms. The number of carbonyl (C=O) groups excluding carboxylic acids is 1. The lowest BCUT2D eigenvalue weighted by atomic mass is 10.0. The zero-order valence-corrected chi connectivity index (χ0v) is 21.1. The molecule has 8 nitrogen and oxygen atoms in total. The second-order valence-corrected chi connectivity index (χ2v) is 12.3. The van der Waals surface area contributed by atoms with Crippen molar-refractivity contribution in [2.75, 3.05) is 16.6 Å². The Hall–Kier alpha value is -3.21. The van der Waals surface area contributed by atoms with E-state index in [1.165, 1.54) is 28.6 Å². The summed E-state index contributed by atoms with van der Waals surface area (Å²) in [6, 6.07) is 19.3. The van der Waals surface area contributed by atoms with Gasteiger partial charge in [-0.3, -0.25) is 9.52 Å². The number of nitrogens with zero attached hydrogens (tertiary/aromatic N) is 1. The fraction of sp³-hybridized carbons (Fsp3) is 0.240. The SMILES string of the molecule is CC(C)C(=O)Nc1ccc(S(=O)(=O)Nc2ccc3c(c2)CN(S(=O)(=O)c2ccccc2)CC3)cc1. The summed E-state index contributed by atoms with van der Waals surface area (Å²) in [5, 5.41) is 2.72. The molecular formula is C25H27N3O5S2. The van der Waals surface area contributed by atoms with Crippen LogP contribution in [0.15, 0.2) is 82.6 Å². The Labute approximate surface area is 206 Å². The molecule has 0 fully saturated rings. The van der Waals surface area contributed by atoms with E-state index in [2.05, 4.69) is 10.0 Å². The van der Waals surface area contributed by atoms with Gasteiger partial charge in [-0.2, -0.15) is 4.31 Å². The standard InChI is InChI=1S/C25H27N3O5S2/c1-18(2)25(29)26-21-10-12-23(13-11-21)34(30,31)27-22-9-8-19-14-15-28(17-20(19)16-22)35(32,33)24-6-4-3-5-7-24/h3-13,16,18,27H,14-15,17H2,1-2H3,(H,26,29). The van der Waals surface area contributed by atoms with Gasteiger partial charge in [-0.05, 0) is 66.1 Å². The highest BCUT2D eigenvalue weighted by molar-refractivity contribution is 7.92. The molecule has 4 rings (SSSR count). The monoisotopic (exact) mass is 513 g/mol. The predicted octanol–water partition coefficient (Wildman–Crippen LogP) is 3.83. The average molecular weight is 514 g/mol. The van der Waals surface area contributed by atoms with Gasteiger partial charge < -0.3 is 5.32 Å². The molecule has 2 N–H and O–H groups in total. The van der Waals surface area contributed by atoms with Gasteiger partial charge in [-0.15, -0.1) is 0 Å². The number of sulfonamides is 2. The van der Waals surface area contributed by atoms with Crippen LogP contribution >= 0.6 is 0 Å². The van der Waals surface area contributed by atoms with Gasteiger partial charge >= 0.3 is 0 Å². The van der Waals surface area contributed by atoms with E-state index in [1.54, 1.807) is 56.3 Å². The quantitative estimate of drug-likeness (QED) is 0.499. The van der Waals surface area contributed by atoms with E-state index in [1.807, 2.05) is 6.07 Å². The van der Waals surface area contributed by atoms with Crippen LogP contribution in [0.25, 0.3) is 0 Å². The van der Waals surface area contributed by atoms with Gasteiger partial charge in [0.05, 0.1) is 9.79 Å². The van der Waals surface area contributed by atoms with Crippen LogP contribution in [0.1, 0.15) is 25.0 Å². The minimum absolute atomic E-state index is 0.0473. The lowest BCUT2D eigenvalue weighted by Gasteiger charge is -2.28. The van der Waals surface area contributed by atoms with Crippen molar-refractivity contribution >= 4 is 37.3 Å². The fourth-order valence-corrected chi connectivity index (χ4v) is 6.25. The van der Waals surface area contributed by atoms with Crippen molar-refractivity contribution < 1.29 is 21.6 Å². The highest BCUT2D eigenvalue weighted by Gasteiger charge is 2.28. The van der Waals surface area contributed by atoms with E-state index < -0.39 is 20.0 Å². The number of rotatable bonds is 7. The molecule has 0 saturated heterocycles. The maximum absolute atomic E-state index is 13.0.